The maximum atomic E-state index is 12.7. The Balaban J connectivity index is 1.88. The van der Waals surface area contributed by atoms with Crippen LogP contribution in [0, 0.1) is 23.7 Å². The van der Waals surface area contributed by atoms with E-state index in [9.17, 15) is 4.79 Å². The van der Waals surface area contributed by atoms with E-state index < -0.39 is 8.32 Å². The molecule has 1 fully saturated rings. The molecule has 0 amide bonds. The molecule has 0 N–H and O–H groups in total. The molecule has 3 rings (SSSR count). The van der Waals surface area contributed by atoms with Gasteiger partial charge in [0, 0.05) is 5.92 Å². The molecule has 162 valence electrons. The third kappa shape index (κ3) is 4.20. The molecular formula is C26H36O3Si. The van der Waals surface area contributed by atoms with E-state index in [1.54, 1.807) is 13.2 Å². The summed E-state index contributed by atoms with van der Waals surface area (Å²) in [6.07, 6.45) is 7.42. The van der Waals surface area contributed by atoms with Crippen LogP contribution in [-0.2, 0) is 11.2 Å². The molecule has 2 aliphatic carbocycles. The predicted molar refractivity (Wildman–Crippen MR) is 127 cm³/mol. The fourth-order valence-corrected chi connectivity index (χ4v) is 5.66. The zero-order chi connectivity index (χ0) is 22.3. The van der Waals surface area contributed by atoms with Crippen molar-refractivity contribution in [1.82, 2.24) is 0 Å². The van der Waals surface area contributed by atoms with Gasteiger partial charge in [-0.25, -0.2) is 0 Å². The SMILES string of the molecule is C=C[C@@H]1C[C@@H](Cc2ccc(OC)c(O[Si](C)(C)C(C)(C)C)c2)[C@@H]2C(=O)C=CC(=C)[C@H]21. The Morgan fingerprint density at radius 1 is 1.17 bits per heavy atom. The second-order valence-electron chi connectivity index (χ2n) is 10.3. The van der Waals surface area contributed by atoms with Gasteiger partial charge in [0.05, 0.1) is 7.11 Å². The minimum Gasteiger partial charge on any atom is -0.541 e. The van der Waals surface area contributed by atoms with Gasteiger partial charge in [0.15, 0.2) is 11.5 Å². The van der Waals surface area contributed by atoms with Gasteiger partial charge in [-0.1, -0.05) is 51.1 Å². The summed E-state index contributed by atoms with van der Waals surface area (Å²) in [4.78, 5) is 12.7. The molecule has 3 nitrogen and oxygen atoms in total. The molecule has 0 aromatic heterocycles. The molecule has 0 radical (unpaired) electrons. The maximum Gasteiger partial charge on any atom is 0.250 e. The van der Waals surface area contributed by atoms with Gasteiger partial charge in [0.2, 0.25) is 0 Å². The predicted octanol–water partition coefficient (Wildman–Crippen LogP) is 6.37. The number of hydrogen-bond acceptors (Lipinski definition) is 3. The van der Waals surface area contributed by atoms with Gasteiger partial charge in [-0.15, -0.1) is 6.58 Å². The van der Waals surface area contributed by atoms with Crippen molar-refractivity contribution in [1.29, 1.82) is 0 Å². The number of benzene rings is 1. The fraction of sp³-hybridized carbons (Fsp3) is 0.500. The summed E-state index contributed by atoms with van der Waals surface area (Å²) >= 11 is 0. The van der Waals surface area contributed by atoms with E-state index in [1.807, 2.05) is 18.2 Å². The van der Waals surface area contributed by atoms with Crippen molar-refractivity contribution in [2.75, 3.05) is 7.11 Å². The standard InChI is InChI=1S/C26H36O3Si/c1-9-19-16-20(25-21(27)12-10-17(2)24(19)25)14-18-11-13-22(28-6)23(15-18)29-30(7,8)26(3,4)5/h9-13,15,19-20,24-25H,1-2,14,16H2,3-8H3/t19-,20-,24+,25-/m1/s1. The zero-order valence-corrected chi connectivity index (χ0v) is 20.3. The highest BCUT2D eigenvalue weighted by Gasteiger charge is 2.47. The van der Waals surface area contributed by atoms with E-state index in [0.29, 0.717) is 5.92 Å². The number of ether oxygens (including phenoxy) is 1. The first-order chi connectivity index (χ1) is 14.0. The molecule has 0 bridgehead atoms. The van der Waals surface area contributed by atoms with Gasteiger partial charge in [-0.05, 0) is 72.5 Å². The first-order valence-corrected chi connectivity index (χ1v) is 13.8. The molecule has 0 heterocycles. The topological polar surface area (TPSA) is 35.5 Å². The number of ketones is 1. The molecule has 1 aromatic rings. The van der Waals surface area contributed by atoms with Gasteiger partial charge in [0.1, 0.15) is 5.75 Å². The van der Waals surface area contributed by atoms with Crippen LogP contribution in [0.5, 0.6) is 11.5 Å². The smallest absolute Gasteiger partial charge is 0.250 e. The van der Waals surface area contributed by atoms with E-state index in [4.69, 9.17) is 9.16 Å². The number of fused-ring (bicyclic) bond motifs is 1. The van der Waals surface area contributed by atoms with Gasteiger partial charge < -0.3 is 9.16 Å². The lowest BCUT2D eigenvalue weighted by atomic mass is 9.75. The summed E-state index contributed by atoms with van der Waals surface area (Å²) in [7, 11) is -0.311. The van der Waals surface area contributed by atoms with Crippen LogP contribution < -0.4 is 9.16 Å². The van der Waals surface area contributed by atoms with E-state index in [0.717, 1.165) is 29.9 Å². The van der Waals surface area contributed by atoms with Crippen molar-refractivity contribution in [3.8, 4) is 11.5 Å². The summed E-state index contributed by atoms with van der Waals surface area (Å²) < 4.78 is 12.2. The van der Waals surface area contributed by atoms with Crippen molar-refractivity contribution in [2.45, 2.75) is 51.7 Å². The molecule has 0 unspecified atom stereocenters. The van der Waals surface area contributed by atoms with Crippen LogP contribution >= 0.6 is 0 Å². The first-order valence-electron chi connectivity index (χ1n) is 10.9. The Labute approximate surface area is 183 Å². The van der Waals surface area contributed by atoms with Gasteiger partial charge in [-0.3, -0.25) is 4.79 Å². The van der Waals surface area contributed by atoms with E-state index in [1.165, 1.54) is 5.56 Å². The third-order valence-electron chi connectivity index (χ3n) is 7.35. The van der Waals surface area contributed by atoms with Crippen LogP contribution in [-0.4, -0.2) is 21.2 Å². The van der Waals surface area contributed by atoms with Crippen LogP contribution in [0.15, 0.2) is 55.2 Å². The Kier molecular flexibility index (Phi) is 6.19. The molecule has 30 heavy (non-hydrogen) atoms. The van der Waals surface area contributed by atoms with Crippen LogP contribution in [0.25, 0.3) is 0 Å². The Hall–Kier alpha value is -2.07. The second kappa shape index (κ2) is 8.22. The minimum atomic E-state index is -1.99. The van der Waals surface area contributed by atoms with E-state index in [2.05, 4.69) is 59.2 Å². The lowest BCUT2D eigenvalue weighted by Gasteiger charge is -2.37. The number of rotatable bonds is 6. The average molecular weight is 425 g/mol. The number of carbonyl (C=O) groups is 1. The third-order valence-corrected chi connectivity index (χ3v) is 11.7. The normalized spacial score (nSPS) is 26.5. The van der Waals surface area contributed by atoms with Crippen molar-refractivity contribution >= 4 is 14.1 Å². The number of carbonyl (C=O) groups excluding carboxylic acids is 1. The lowest BCUT2D eigenvalue weighted by Crippen LogP contribution is -2.44. The molecular weight excluding hydrogens is 388 g/mol. The summed E-state index contributed by atoms with van der Waals surface area (Å²) in [5, 5.41) is 0.102. The largest absolute Gasteiger partial charge is 0.541 e. The second-order valence-corrected chi connectivity index (χ2v) is 15.0. The Morgan fingerprint density at radius 3 is 2.47 bits per heavy atom. The van der Waals surface area contributed by atoms with Gasteiger partial charge in [0.25, 0.3) is 8.32 Å². The van der Waals surface area contributed by atoms with Crippen molar-refractivity contribution in [2.24, 2.45) is 23.7 Å². The summed E-state index contributed by atoms with van der Waals surface area (Å²) in [5.41, 5.74) is 2.25. The summed E-state index contributed by atoms with van der Waals surface area (Å²) in [6.45, 7) is 19.4. The first kappa shape index (κ1) is 22.6. The van der Waals surface area contributed by atoms with E-state index in [-0.39, 0.29) is 28.6 Å². The van der Waals surface area contributed by atoms with Crippen LogP contribution in [0.4, 0.5) is 0 Å². The maximum absolute atomic E-state index is 12.7. The average Bonchev–Trinajstić information content (AvgIpc) is 3.03. The molecule has 0 spiro atoms. The van der Waals surface area contributed by atoms with Crippen LogP contribution in [0.3, 0.4) is 0 Å². The van der Waals surface area contributed by atoms with Crippen molar-refractivity contribution < 1.29 is 14.0 Å². The van der Waals surface area contributed by atoms with Gasteiger partial charge in [-0.2, -0.15) is 0 Å². The number of methoxy groups -OCH3 is 1. The quantitative estimate of drug-likeness (QED) is 0.393. The Morgan fingerprint density at radius 2 is 1.87 bits per heavy atom. The highest BCUT2D eigenvalue weighted by molar-refractivity contribution is 6.74. The van der Waals surface area contributed by atoms with E-state index >= 15 is 0 Å². The lowest BCUT2D eigenvalue weighted by molar-refractivity contribution is -0.120. The zero-order valence-electron chi connectivity index (χ0n) is 19.3. The molecule has 1 aromatic carbocycles. The molecule has 4 heteroatoms. The molecule has 4 atom stereocenters. The highest BCUT2D eigenvalue weighted by Crippen LogP contribution is 2.50. The monoisotopic (exact) mass is 424 g/mol. The van der Waals surface area contributed by atoms with Gasteiger partial charge >= 0.3 is 0 Å². The van der Waals surface area contributed by atoms with Crippen molar-refractivity contribution in [3.05, 3.63) is 60.7 Å². The van der Waals surface area contributed by atoms with Crippen LogP contribution in [0.1, 0.15) is 32.8 Å². The van der Waals surface area contributed by atoms with Crippen LogP contribution in [0.2, 0.25) is 18.1 Å². The summed E-state index contributed by atoms with van der Waals surface area (Å²) in [6, 6.07) is 6.22. The molecule has 0 saturated heterocycles. The molecule has 0 aliphatic heterocycles. The molecule has 2 aliphatic rings. The Bertz CT molecular complexity index is 875. The fourth-order valence-electron chi connectivity index (χ4n) is 4.64. The highest BCUT2D eigenvalue weighted by atomic mass is 28.4. The molecule has 1 saturated carbocycles. The number of allylic oxidation sites excluding steroid dienone is 4. The number of hydrogen-bond donors (Lipinski definition) is 0. The minimum absolute atomic E-state index is 0.00244. The van der Waals surface area contributed by atoms with Crippen molar-refractivity contribution in [3.63, 3.8) is 0 Å². The summed E-state index contributed by atoms with van der Waals surface area (Å²) in [5.74, 6) is 2.58.